The number of hydrogen-bond donors (Lipinski definition) is 3. The van der Waals surface area contributed by atoms with Crippen LogP contribution in [0.25, 0.3) is 0 Å². The third kappa shape index (κ3) is 5.45. The van der Waals surface area contributed by atoms with Crippen molar-refractivity contribution in [1.29, 1.82) is 0 Å². The molecule has 1 saturated heterocycles. The van der Waals surface area contributed by atoms with Gasteiger partial charge in [-0.2, -0.15) is 8.42 Å². The Kier molecular flexibility index (Phi) is 6.21. The van der Waals surface area contributed by atoms with E-state index in [4.69, 9.17) is 5.14 Å². The zero-order chi connectivity index (χ0) is 11.5. The monoisotopic (exact) mass is 271 g/mol. The molecule has 4 N–H and O–H groups in total. The van der Waals surface area contributed by atoms with Crippen molar-refractivity contribution in [3.8, 4) is 0 Å². The van der Waals surface area contributed by atoms with Crippen LogP contribution >= 0.6 is 12.4 Å². The van der Waals surface area contributed by atoms with E-state index in [2.05, 4.69) is 23.9 Å². The average molecular weight is 272 g/mol. The first kappa shape index (κ1) is 16.1. The molecule has 0 unspecified atom stereocenters. The number of nitrogens with two attached hydrogens (primary N) is 1. The molecule has 0 aromatic heterocycles. The largest absolute Gasteiger partial charge is 0.317 e. The van der Waals surface area contributed by atoms with E-state index in [1.54, 1.807) is 0 Å². The first-order valence-electron chi connectivity index (χ1n) is 5.29. The number of hydrogen-bond acceptors (Lipinski definition) is 3. The number of rotatable bonds is 4. The number of halogens is 1. The van der Waals surface area contributed by atoms with E-state index in [1.807, 2.05) is 0 Å². The molecule has 5 nitrogen and oxygen atoms in total. The summed E-state index contributed by atoms with van der Waals surface area (Å²) in [5, 5.41) is 8.22. The molecule has 1 heterocycles. The maximum Gasteiger partial charge on any atom is 0.274 e. The van der Waals surface area contributed by atoms with Crippen LogP contribution in [0.2, 0.25) is 0 Å². The maximum atomic E-state index is 10.8. The first-order valence-corrected chi connectivity index (χ1v) is 6.84. The molecule has 0 aliphatic carbocycles. The Hall–Kier alpha value is 0.120. The Labute approximate surface area is 104 Å². The molecule has 0 spiro atoms. The second-order valence-corrected chi connectivity index (χ2v) is 6.26. The molecule has 0 aromatic rings. The Morgan fingerprint density at radius 2 is 1.88 bits per heavy atom. The number of piperidine rings is 1. The van der Waals surface area contributed by atoms with Crippen LogP contribution < -0.4 is 15.2 Å². The van der Waals surface area contributed by atoms with Gasteiger partial charge in [-0.15, -0.1) is 12.4 Å². The third-order valence-electron chi connectivity index (χ3n) is 3.17. The van der Waals surface area contributed by atoms with Crippen molar-refractivity contribution in [2.45, 2.75) is 26.7 Å². The number of nitrogens with one attached hydrogen (secondary N) is 2. The van der Waals surface area contributed by atoms with E-state index in [0.717, 1.165) is 25.9 Å². The van der Waals surface area contributed by atoms with Gasteiger partial charge >= 0.3 is 0 Å². The summed E-state index contributed by atoms with van der Waals surface area (Å²) < 4.78 is 24.0. The second-order valence-electron chi connectivity index (χ2n) is 4.88. The lowest BCUT2D eigenvalue weighted by molar-refractivity contribution is 0.169. The molecule has 0 amide bonds. The summed E-state index contributed by atoms with van der Waals surface area (Å²) in [6.07, 6.45) is 2.19. The predicted molar refractivity (Wildman–Crippen MR) is 67.7 cm³/mol. The van der Waals surface area contributed by atoms with Crippen LogP contribution in [0.15, 0.2) is 0 Å². The van der Waals surface area contributed by atoms with Crippen LogP contribution in [-0.4, -0.2) is 28.1 Å². The zero-order valence-electron chi connectivity index (χ0n) is 9.82. The minimum Gasteiger partial charge on any atom is -0.317 e. The standard InChI is InChI=1S/C9H21N3O2S.ClH/c1-9(2,7-12-15(10,13)14)8-3-5-11-6-4-8;/h8,11-12H,3-7H2,1-2H3,(H2,10,13,14);1H. The highest BCUT2D eigenvalue weighted by Gasteiger charge is 2.31. The average Bonchev–Trinajstić information content (AvgIpc) is 2.16. The first-order chi connectivity index (χ1) is 6.81. The molecule has 0 bridgehead atoms. The van der Waals surface area contributed by atoms with Crippen LogP contribution in [0.4, 0.5) is 0 Å². The van der Waals surface area contributed by atoms with E-state index < -0.39 is 10.2 Å². The summed E-state index contributed by atoms with van der Waals surface area (Å²) in [7, 11) is -3.56. The van der Waals surface area contributed by atoms with Crippen molar-refractivity contribution in [3.63, 3.8) is 0 Å². The minimum absolute atomic E-state index is 0. The van der Waals surface area contributed by atoms with Gasteiger partial charge < -0.3 is 5.32 Å². The van der Waals surface area contributed by atoms with Crippen LogP contribution in [0.1, 0.15) is 26.7 Å². The van der Waals surface area contributed by atoms with E-state index in [-0.39, 0.29) is 17.8 Å². The van der Waals surface area contributed by atoms with Crippen molar-refractivity contribution in [1.82, 2.24) is 10.0 Å². The normalized spacial score (nSPS) is 19.2. The van der Waals surface area contributed by atoms with Gasteiger partial charge in [-0.3, -0.25) is 0 Å². The fourth-order valence-electron chi connectivity index (χ4n) is 2.03. The van der Waals surface area contributed by atoms with E-state index in [1.165, 1.54) is 0 Å². The Balaban J connectivity index is 0.00000225. The van der Waals surface area contributed by atoms with Crippen molar-refractivity contribution < 1.29 is 8.42 Å². The van der Waals surface area contributed by atoms with Gasteiger partial charge in [0.25, 0.3) is 10.2 Å². The van der Waals surface area contributed by atoms with Crippen LogP contribution in [-0.2, 0) is 10.2 Å². The maximum absolute atomic E-state index is 10.8. The van der Waals surface area contributed by atoms with Crippen molar-refractivity contribution >= 4 is 22.6 Å². The summed E-state index contributed by atoms with van der Waals surface area (Å²) in [4.78, 5) is 0. The van der Waals surface area contributed by atoms with Crippen molar-refractivity contribution in [2.24, 2.45) is 16.5 Å². The molecule has 16 heavy (non-hydrogen) atoms. The summed E-state index contributed by atoms with van der Waals surface area (Å²) in [5.41, 5.74) is -0.0332. The molecule has 1 fully saturated rings. The SMILES string of the molecule is CC(C)(CNS(N)(=O)=O)C1CCNCC1.Cl. The van der Waals surface area contributed by atoms with E-state index >= 15 is 0 Å². The second kappa shape index (κ2) is 6.16. The van der Waals surface area contributed by atoms with Gasteiger partial charge in [-0.05, 0) is 37.3 Å². The molecule has 7 heteroatoms. The lowest BCUT2D eigenvalue weighted by Gasteiger charge is -2.37. The van der Waals surface area contributed by atoms with E-state index in [0.29, 0.717) is 12.5 Å². The molecule has 1 rings (SSSR count). The molecule has 1 aliphatic heterocycles. The Morgan fingerprint density at radius 1 is 1.38 bits per heavy atom. The lowest BCUT2D eigenvalue weighted by Crippen LogP contribution is -2.44. The van der Waals surface area contributed by atoms with Gasteiger partial charge in [0.1, 0.15) is 0 Å². The fourth-order valence-corrected chi connectivity index (χ4v) is 2.61. The lowest BCUT2D eigenvalue weighted by atomic mass is 9.74. The Morgan fingerprint density at radius 3 is 2.31 bits per heavy atom. The van der Waals surface area contributed by atoms with Crippen LogP contribution in [0.5, 0.6) is 0 Å². The van der Waals surface area contributed by atoms with Crippen LogP contribution in [0, 0.1) is 11.3 Å². The molecule has 0 saturated carbocycles. The topological polar surface area (TPSA) is 84.2 Å². The van der Waals surface area contributed by atoms with E-state index in [9.17, 15) is 8.42 Å². The quantitative estimate of drug-likeness (QED) is 0.684. The minimum atomic E-state index is -3.56. The predicted octanol–water partition coefficient (Wildman–Crippen LogP) is 0.227. The van der Waals surface area contributed by atoms with Crippen molar-refractivity contribution in [2.75, 3.05) is 19.6 Å². The zero-order valence-corrected chi connectivity index (χ0v) is 11.5. The van der Waals surface area contributed by atoms with Gasteiger partial charge in [0.2, 0.25) is 0 Å². The highest BCUT2D eigenvalue weighted by Crippen LogP contribution is 2.32. The van der Waals surface area contributed by atoms with Gasteiger partial charge in [0.05, 0.1) is 0 Å². The van der Waals surface area contributed by atoms with Gasteiger partial charge in [-0.1, -0.05) is 13.8 Å². The van der Waals surface area contributed by atoms with Gasteiger partial charge in [0.15, 0.2) is 0 Å². The summed E-state index contributed by atoms with van der Waals surface area (Å²) in [5.74, 6) is 0.549. The van der Waals surface area contributed by atoms with Gasteiger partial charge in [-0.25, -0.2) is 9.86 Å². The smallest absolute Gasteiger partial charge is 0.274 e. The Bertz CT molecular complexity index is 300. The molecular formula is C9H22ClN3O2S. The highest BCUT2D eigenvalue weighted by atomic mass is 35.5. The molecule has 0 aromatic carbocycles. The van der Waals surface area contributed by atoms with Gasteiger partial charge in [0, 0.05) is 6.54 Å². The third-order valence-corrected chi connectivity index (χ3v) is 3.72. The summed E-state index contributed by atoms with van der Waals surface area (Å²) in [6, 6.07) is 0. The van der Waals surface area contributed by atoms with Crippen molar-refractivity contribution in [3.05, 3.63) is 0 Å². The summed E-state index contributed by atoms with van der Waals surface area (Å²) >= 11 is 0. The fraction of sp³-hybridized carbons (Fsp3) is 1.00. The molecular weight excluding hydrogens is 250 g/mol. The molecule has 1 aliphatic rings. The van der Waals surface area contributed by atoms with Crippen LogP contribution in [0.3, 0.4) is 0 Å². The molecule has 0 radical (unpaired) electrons. The molecule has 0 atom stereocenters. The molecule has 98 valence electrons. The highest BCUT2D eigenvalue weighted by molar-refractivity contribution is 7.87. The summed E-state index contributed by atoms with van der Waals surface area (Å²) in [6.45, 7) is 6.62.